The van der Waals surface area contributed by atoms with Crippen molar-refractivity contribution in [3.63, 3.8) is 0 Å². The Morgan fingerprint density at radius 2 is 1.93 bits per heavy atom. The van der Waals surface area contributed by atoms with Crippen LogP contribution in [0.25, 0.3) is 0 Å². The summed E-state index contributed by atoms with van der Waals surface area (Å²) in [6.45, 7) is 3.26. The lowest BCUT2D eigenvalue weighted by Gasteiger charge is -2.30. The highest BCUT2D eigenvalue weighted by atomic mass is 32.2. The predicted octanol–water partition coefficient (Wildman–Crippen LogP) is 3.97. The van der Waals surface area contributed by atoms with E-state index in [0.717, 1.165) is 18.4 Å². The molecule has 2 heteroatoms. The smallest absolute Gasteiger partial charge is 0.0493 e. The first kappa shape index (κ1) is 13.4. The van der Waals surface area contributed by atoms with E-state index in [2.05, 4.69) is 18.7 Å². The molecule has 0 N–H and O–H groups in total. The Morgan fingerprint density at radius 3 is 2.60 bits per heavy atom. The molecule has 0 aromatic carbocycles. The van der Waals surface area contributed by atoms with Crippen LogP contribution in [0.5, 0.6) is 0 Å². The molecule has 1 nitrogen and oxygen atoms in total. The molecule has 0 aromatic heterocycles. The summed E-state index contributed by atoms with van der Waals surface area (Å²) in [5.74, 6) is 4.50. The molecular formula is C13H26OS. The lowest BCUT2D eigenvalue weighted by molar-refractivity contribution is 0.102. The van der Waals surface area contributed by atoms with E-state index in [1.54, 1.807) is 0 Å². The van der Waals surface area contributed by atoms with Gasteiger partial charge in [-0.2, -0.15) is 11.8 Å². The summed E-state index contributed by atoms with van der Waals surface area (Å²) in [5.41, 5.74) is 0. The van der Waals surface area contributed by atoms with Crippen LogP contribution in [0, 0.1) is 11.8 Å². The second-order valence-electron chi connectivity index (χ2n) is 4.69. The van der Waals surface area contributed by atoms with Crippen molar-refractivity contribution in [3.8, 4) is 0 Å². The van der Waals surface area contributed by atoms with E-state index >= 15 is 0 Å². The number of rotatable bonds is 7. The van der Waals surface area contributed by atoms with E-state index in [0.29, 0.717) is 0 Å². The zero-order valence-corrected chi connectivity index (χ0v) is 11.2. The fourth-order valence-corrected chi connectivity index (χ4v) is 3.82. The van der Waals surface area contributed by atoms with Gasteiger partial charge in [0.05, 0.1) is 0 Å². The molecule has 2 atom stereocenters. The summed E-state index contributed by atoms with van der Waals surface area (Å²) in [6, 6.07) is 0. The van der Waals surface area contributed by atoms with Gasteiger partial charge in [-0.3, -0.25) is 0 Å². The molecule has 0 saturated heterocycles. The minimum absolute atomic E-state index is 0.845. The van der Waals surface area contributed by atoms with Gasteiger partial charge in [0, 0.05) is 13.7 Å². The third kappa shape index (κ3) is 5.26. The standard InChI is InChI=1S/C13H26OS/c1-3-4-9-15-11-13-8-6-5-7-12(13)10-14-2/h12-13H,3-11H2,1-2H3/t12-,13-/m0/s1. The van der Waals surface area contributed by atoms with Gasteiger partial charge in [-0.15, -0.1) is 0 Å². The zero-order valence-electron chi connectivity index (χ0n) is 10.3. The zero-order chi connectivity index (χ0) is 10.9. The molecule has 0 unspecified atom stereocenters. The predicted molar refractivity (Wildman–Crippen MR) is 69.6 cm³/mol. The quantitative estimate of drug-likeness (QED) is 0.612. The largest absolute Gasteiger partial charge is 0.384 e. The van der Waals surface area contributed by atoms with Crippen molar-refractivity contribution in [2.75, 3.05) is 25.2 Å². The van der Waals surface area contributed by atoms with Crippen LogP contribution in [0.3, 0.4) is 0 Å². The highest BCUT2D eigenvalue weighted by molar-refractivity contribution is 7.99. The first-order valence-corrected chi connectivity index (χ1v) is 7.60. The maximum absolute atomic E-state index is 5.33. The molecule has 90 valence electrons. The number of thioether (sulfide) groups is 1. The van der Waals surface area contributed by atoms with Gasteiger partial charge in [0.15, 0.2) is 0 Å². The van der Waals surface area contributed by atoms with E-state index in [1.807, 2.05) is 7.11 Å². The minimum atomic E-state index is 0.845. The Hall–Kier alpha value is 0.310. The van der Waals surface area contributed by atoms with Crippen LogP contribution in [0.4, 0.5) is 0 Å². The highest BCUT2D eigenvalue weighted by Crippen LogP contribution is 2.32. The fraction of sp³-hybridized carbons (Fsp3) is 1.00. The van der Waals surface area contributed by atoms with Gasteiger partial charge in [0.25, 0.3) is 0 Å². The van der Waals surface area contributed by atoms with Gasteiger partial charge in [-0.25, -0.2) is 0 Å². The van der Waals surface area contributed by atoms with Crippen molar-refractivity contribution in [2.45, 2.75) is 45.4 Å². The van der Waals surface area contributed by atoms with Crippen molar-refractivity contribution < 1.29 is 4.74 Å². The van der Waals surface area contributed by atoms with Crippen LogP contribution in [-0.4, -0.2) is 25.2 Å². The molecule has 0 bridgehead atoms. The Labute approximate surface area is 99.3 Å². The van der Waals surface area contributed by atoms with Gasteiger partial charge in [0.1, 0.15) is 0 Å². The summed E-state index contributed by atoms with van der Waals surface area (Å²) >= 11 is 2.16. The molecule has 1 saturated carbocycles. The lowest BCUT2D eigenvalue weighted by Crippen LogP contribution is -2.25. The molecule has 0 radical (unpaired) electrons. The summed E-state index contributed by atoms with van der Waals surface area (Å²) in [4.78, 5) is 0. The Balaban J connectivity index is 2.17. The van der Waals surface area contributed by atoms with Gasteiger partial charge in [-0.1, -0.05) is 26.2 Å². The van der Waals surface area contributed by atoms with Gasteiger partial charge in [-0.05, 0) is 42.6 Å². The highest BCUT2D eigenvalue weighted by Gasteiger charge is 2.24. The molecular weight excluding hydrogens is 204 g/mol. The molecule has 1 rings (SSSR count). The first-order chi connectivity index (χ1) is 7.38. The lowest BCUT2D eigenvalue weighted by atomic mass is 9.81. The third-order valence-electron chi connectivity index (χ3n) is 3.42. The second-order valence-corrected chi connectivity index (χ2v) is 5.84. The monoisotopic (exact) mass is 230 g/mol. The molecule has 1 aliphatic rings. The third-order valence-corrected chi connectivity index (χ3v) is 4.66. The molecule has 15 heavy (non-hydrogen) atoms. The second kappa shape index (κ2) is 8.46. The average molecular weight is 230 g/mol. The van der Waals surface area contributed by atoms with Crippen LogP contribution in [0.1, 0.15) is 45.4 Å². The average Bonchev–Trinajstić information content (AvgIpc) is 2.27. The normalized spacial score (nSPS) is 26.8. The van der Waals surface area contributed by atoms with Crippen LogP contribution in [0.15, 0.2) is 0 Å². The summed E-state index contributed by atoms with van der Waals surface area (Å²) in [7, 11) is 1.84. The van der Waals surface area contributed by atoms with Gasteiger partial charge >= 0.3 is 0 Å². The van der Waals surface area contributed by atoms with Crippen molar-refractivity contribution in [1.82, 2.24) is 0 Å². The number of unbranched alkanes of at least 4 members (excludes halogenated alkanes) is 1. The molecule has 0 spiro atoms. The van der Waals surface area contributed by atoms with E-state index < -0.39 is 0 Å². The van der Waals surface area contributed by atoms with Crippen LogP contribution in [0.2, 0.25) is 0 Å². The van der Waals surface area contributed by atoms with Gasteiger partial charge in [0.2, 0.25) is 0 Å². The number of methoxy groups -OCH3 is 1. The number of hydrogen-bond donors (Lipinski definition) is 0. The van der Waals surface area contributed by atoms with Crippen molar-refractivity contribution >= 4 is 11.8 Å². The maximum atomic E-state index is 5.33. The van der Waals surface area contributed by atoms with Gasteiger partial charge < -0.3 is 4.74 Å². The molecule has 0 heterocycles. The van der Waals surface area contributed by atoms with Crippen molar-refractivity contribution in [3.05, 3.63) is 0 Å². The molecule has 0 aliphatic heterocycles. The van der Waals surface area contributed by atoms with E-state index in [-0.39, 0.29) is 0 Å². The van der Waals surface area contributed by atoms with E-state index in [4.69, 9.17) is 4.74 Å². The van der Waals surface area contributed by atoms with E-state index in [9.17, 15) is 0 Å². The number of hydrogen-bond acceptors (Lipinski definition) is 2. The Morgan fingerprint density at radius 1 is 1.20 bits per heavy atom. The summed E-state index contributed by atoms with van der Waals surface area (Å²) in [6.07, 6.45) is 8.41. The molecule has 0 aromatic rings. The topological polar surface area (TPSA) is 9.23 Å². The van der Waals surface area contributed by atoms with Crippen molar-refractivity contribution in [1.29, 1.82) is 0 Å². The number of ether oxygens (including phenoxy) is 1. The van der Waals surface area contributed by atoms with E-state index in [1.165, 1.54) is 50.0 Å². The molecule has 1 fully saturated rings. The maximum Gasteiger partial charge on any atom is 0.0493 e. The van der Waals surface area contributed by atoms with Crippen molar-refractivity contribution in [2.24, 2.45) is 11.8 Å². The summed E-state index contributed by atoms with van der Waals surface area (Å²) < 4.78 is 5.33. The van der Waals surface area contributed by atoms with Crippen LogP contribution in [-0.2, 0) is 4.74 Å². The SMILES string of the molecule is CCCCSC[C@@H]1CCCC[C@H]1COC. The van der Waals surface area contributed by atoms with Crippen LogP contribution < -0.4 is 0 Å². The fourth-order valence-electron chi connectivity index (χ4n) is 2.42. The molecule has 0 amide bonds. The van der Waals surface area contributed by atoms with Crippen LogP contribution >= 0.6 is 11.8 Å². The minimum Gasteiger partial charge on any atom is -0.384 e. The Bertz CT molecular complexity index is 147. The first-order valence-electron chi connectivity index (χ1n) is 6.45. The molecule has 1 aliphatic carbocycles. The summed E-state index contributed by atoms with van der Waals surface area (Å²) in [5, 5.41) is 0. The Kier molecular flexibility index (Phi) is 7.54.